The van der Waals surface area contributed by atoms with Crippen LogP contribution in [0.3, 0.4) is 0 Å². The molecule has 2 heterocycles. The number of aliphatic hydroxyl groups excluding tert-OH is 1. The van der Waals surface area contributed by atoms with Gasteiger partial charge in [-0.3, -0.25) is 9.89 Å². The van der Waals surface area contributed by atoms with Crippen molar-refractivity contribution in [3.05, 3.63) is 17.0 Å². The molecule has 0 unspecified atom stereocenters. The van der Waals surface area contributed by atoms with Crippen LogP contribution in [-0.2, 0) is 13.0 Å². The van der Waals surface area contributed by atoms with Crippen molar-refractivity contribution in [3.63, 3.8) is 0 Å². The summed E-state index contributed by atoms with van der Waals surface area (Å²) in [5, 5.41) is 25.6. The molecule has 0 bridgehead atoms. The van der Waals surface area contributed by atoms with Crippen molar-refractivity contribution >= 4 is 12.0 Å². The number of carboxylic acid groups (broad SMARTS) is 1. The number of carbonyl (C=O) groups excluding carboxylic acids is 1. The number of aromatic nitrogens is 2. The zero-order valence-corrected chi connectivity index (χ0v) is 14.0. The van der Waals surface area contributed by atoms with Gasteiger partial charge < -0.3 is 20.0 Å². The van der Waals surface area contributed by atoms with Crippen molar-refractivity contribution in [2.45, 2.75) is 39.8 Å². The highest BCUT2D eigenvalue weighted by Crippen LogP contribution is 2.25. The largest absolute Gasteiger partial charge is 0.465 e. The fourth-order valence-electron chi connectivity index (χ4n) is 2.85. The van der Waals surface area contributed by atoms with E-state index in [1.165, 1.54) is 9.80 Å². The lowest BCUT2D eigenvalue weighted by Gasteiger charge is -2.31. The van der Waals surface area contributed by atoms with E-state index in [0.29, 0.717) is 18.5 Å². The van der Waals surface area contributed by atoms with Gasteiger partial charge in [0, 0.05) is 49.3 Å². The first-order chi connectivity index (χ1) is 10.7. The molecule has 0 aliphatic carbocycles. The number of nitrogens with zero attached hydrogens (tertiary/aromatic N) is 3. The number of H-pyrrole nitrogens is 1. The fourth-order valence-corrected chi connectivity index (χ4v) is 2.85. The maximum atomic E-state index is 12.6. The van der Waals surface area contributed by atoms with Gasteiger partial charge in [0.05, 0.1) is 6.54 Å². The van der Waals surface area contributed by atoms with E-state index < -0.39 is 11.5 Å². The lowest BCUT2D eigenvalue weighted by atomic mass is 9.94. The molecule has 1 aliphatic heterocycles. The van der Waals surface area contributed by atoms with E-state index in [-0.39, 0.29) is 30.8 Å². The number of nitrogens with one attached hydrogen (secondary N) is 1. The Kier molecular flexibility index (Phi) is 4.65. The number of hydrogen-bond acceptors (Lipinski definition) is 4. The van der Waals surface area contributed by atoms with E-state index in [1.807, 2.05) is 20.8 Å². The van der Waals surface area contributed by atoms with Gasteiger partial charge in [-0.2, -0.15) is 5.10 Å². The topological polar surface area (TPSA) is 110 Å². The Morgan fingerprint density at radius 2 is 2.13 bits per heavy atom. The van der Waals surface area contributed by atoms with Crippen LogP contribution in [0.25, 0.3) is 0 Å². The van der Waals surface area contributed by atoms with Gasteiger partial charge in [0.25, 0.3) is 5.91 Å². The van der Waals surface area contributed by atoms with Crippen molar-refractivity contribution in [2.75, 3.05) is 20.2 Å². The first kappa shape index (κ1) is 17.3. The second-order valence-electron chi connectivity index (χ2n) is 6.98. The van der Waals surface area contributed by atoms with Gasteiger partial charge in [0.2, 0.25) is 0 Å². The van der Waals surface area contributed by atoms with E-state index >= 15 is 0 Å². The molecule has 2 amide bonds. The Morgan fingerprint density at radius 1 is 1.48 bits per heavy atom. The van der Waals surface area contributed by atoms with Crippen LogP contribution in [0.5, 0.6) is 0 Å². The van der Waals surface area contributed by atoms with Crippen LogP contribution in [0.4, 0.5) is 4.79 Å². The number of amides is 2. The molecule has 23 heavy (non-hydrogen) atoms. The second kappa shape index (κ2) is 6.19. The summed E-state index contributed by atoms with van der Waals surface area (Å²) in [6.07, 6.45) is -0.495. The highest BCUT2D eigenvalue weighted by molar-refractivity contribution is 5.94. The molecular formula is C15H24N4O4. The molecule has 2 rings (SSSR count). The van der Waals surface area contributed by atoms with E-state index in [9.17, 15) is 19.8 Å². The summed E-state index contributed by atoms with van der Waals surface area (Å²) in [6, 6.07) is -0.158. The molecule has 1 aliphatic rings. The van der Waals surface area contributed by atoms with Gasteiger partial charge >= 0.3 is 6.09 Å². The lowest BCUT2D eigenvalue weighted by Crippen LogP contribution is -2.43. The molecule has 1 aromatic rings. The zero-order valence-electron chi connectivity index (χ0n) is 14.0. The number of aliphatic hydroxyl groups is 1. The molecule has 1 atom stereocenters. The highest BCUT2D eigenvalue weighted by atomic mass is 16.4. The van der Waals surface area contributed by atoms with E-state index in [1.54, 1.807) is 7.05 Å². The molecule has 0 saturated heterocycles. The maximum absolute atomic E-state index is 12.6. The molecule has 0 aromatic carbocycles. The Morgan fingerprint density at radius 3 is 2.70 bits per heavy atom. The summed E-state index contributed by atoms with van der Waals surface area (Å²) in [5.41, 5.74) is 1.30. The van der Waals surface area contributed by atoms with Gasteiger partial charge in [0.15, 0.2) is 5.69 Å². The summed E-state index contributed by atoms with van der Waals surface area (Å²) in [6.45, 7) is 6.06. The van der Waals surface area contributed by atoms with Crippen LogP contribution in [0, 0.1) is 5.41 Å². The van der Waals surface area contributed by atoms with Gasteiger partial charge in [-0.25, -0.2) is 4.79 Å². The third-order valence-corrected chi connectivity index (χ3v) is 4.20. The highest BCUT2D eigenvalue weighted by Gasteiger charge is 2.33. The zero-order chi connectivity index (χ0) is 17.4. The second-order valence-corrected chi connectivity index (χ2v) is 6.98. The first-order valence-electron chi connectivity index (χ1n) is 7.58. The van der Waals surface area contributed by atoms with Gasteiger partial charge in [-0.05, 0) is 6.92 Å². The molecule has 8 heteroatoms. The van der Waals surface area contributed by atoms with Gasteiger partial charge in [-0.15, -0.1) is 0 Å². The minimum atomic E-state index is -1.00. The van der Waals surface area contributed by atoms with Crippen molar-refractivity contribution < 1.29 is 19.8 Å². The maximum Gasteiger partial charge on any atom is 0.407 e. The van der Waals surface area contributed by atoms with Gasteiger partial charge in [0.1, 0.15) is 0 Å². The minimum absolute atomic E-state index is 0.0341. The molecule has 128 valence electrons. The number of carbonyl (C=O) groups is 2. The van der Waals surface area contributed by atoms with Gasteiger partial charge in [-0.1, -0.05) is 13.8 Å². The third kappa shape index (κ3) is 3.47. The predicted octanol–water partition coefficient (Wildman–Crippen LogP) is 0.925. The third-order valence-electron chi connectivity index (χ3n) is 4.20. The molecule has 3 N–H and O–H groups in total. The average molecular weight is 324 g/mol. The van der Waals surface area contributed by atoms with Crippen molar-refractivity contribution in [2.24, 2.45) is 5.41 Å². The number of aromatic amines is 1. The monoisotopic (exact) mass is 324 g/mol. The molecule has 0 spiro atoms. The molecular weight excluding hydrogens is 300 g/mol. The molecule has 0 fully saturated rings. The first-order valence-corrected chi connectivity index (χ1v) is 7.58. The van der Waals surface area contributed by atoms with Crippen LogP contribution in [-0.4, -0.2) is 68.5 Å². The molecule has 0 saturated carbocycles. The van der Waals surface area contributed by atoms with E-state index in [2.05, 4.69) is 10.2 Å². The number of fused-ring (bicyclic) bond motifs is 1. The Bertz CT molecular complexity index is 611. The van der Waals surface area contributed by atoms with Crippen molar-refractivity contribution in [1.29, 1.82) is 0 Å². The normalized spacial score (nSPS) is 17.8. The molecule has 0 radical (unpaired) electrons. The smallest absolute Gasteiger partial charge is 0.407 e. The Balaban J connectivity index is 2.23. The Hall–Kier alpha value is -2.09. The summed E-state index contributed by atoms with van der Waals surface area (Å²) >= 11 is 0. The summed E-state index contributed by atoms with van der Waals surface area (Å²) < 4.78 is 0. The fraction of sp³-hybridized carbons (Fsp3) is 0.667. The van der Waals surface area contributed by atoms with Crippen molar-refractivity contribution in [1.82, 2.24) is 20.0 Å². The quantitative estimate of drug-likeness (QED) is 0.763. The summed E-state index contributed by atoms with van der Waals surface area (Å²) in [5.74, 6) is -0.274. The predicted molar refractivity (Wildman–Crippen MR) is 83.1 cm³/mol. The van der Waals surface area contributed by atoms with Crippen LogP contribution in [0.1, 0.15) is 42.5 Å². The summed E-state index contributed by atoms with van der Waals surface area (Å²) in [7, 11) is 1.65. The number of hydrogen-bond donors (Lipinski definition) is 3. The van der Waals surface area contributed by atoms with Crippen molar-refractivity contribution in [3.8, 4) is 0 Å². The SMILES string of the molecule is C[C@@H]1Cc2[nH]nc(C(=O)N(C)CC(C)(C)CO)c2CN1C(=O)O. The van der Waals surface area contributed by atoms with Crippen LogP contribution >= 0.6 is 0 Å². The van der Waals surface area contributed by atoms with Crippen LogP contribution in [0.2, 0.25) is 0 Å². The van der Waals surface area contributed by atoms with E-state index in [4.69, 9.17) is 0 Å². The Labute approximate surface area is 135 Å². The summed E-state index contributed by atoms with van der Waals surface area (Å²) in [4.78, 5) is 26.8. The minimum Gasteiger partial charge on any atom is -0.465 e. The van der Waals surface area contributed by atoms with E-state index in [0.717, 1.165) is 5.69 Å². The molecule has 8 nitrogen and oxygen atoms in total. The van der Waals surface area contributed by atoms with Crippen LogP contribution < -0.4 is 0 Å². The standard InChI is InChI=1S/C15H24N4O4/c1-9-5-11-10(6-19(9)14(22)23)12(17-16-11)13(21)18(4)7-15(2,3)8-20/h9,20H,5-8H2,1-4H3,(H,16,17)(H,22,23)/t9-/m1/s1. The van der Waals surface area contributed by atoms with Crippen LogP contribution in [0.15, 0.2) is 0 Å². The number of rotatable bonds is 4. The lowest BCUT2D eigenvalue weighted by molar-refractivity contribution is 0.0653. The average Bonchev–Trinajstić information content (AvgIpc) is 2.87. The molecule has 1 aromatic heterocycles.